The number of carbonyl (C=O) groups is 1. The number of aliphatic hydroxyl groups excluding tert-OH is 1. The SMILES string of the molecule is O=C1NC(=NCCc2c[nH]c3ccccc23)C(CO)N1CCCn1ccnc1. The molecular formula is C20H24N6O2. The minimum atomic E-state index is -0.404. The van der Waals surface area contributed by atoms with Crippen LogP contribution in [0.3, 0.4) is 0 Å². The largest absolute Gasteiger partial charge is 0.394 e. The number of hydrogen-bond donors (Lipinski definition) is 3. The Morgan fingerprint density at radius 1 is 1.25 bits per heavy atom. The highest BCUT2D eigenvalue weighted by Crippen LogP contribution is 2.18. The van der Waals surface area contributed by atoms with Gasteiger partial charge >= 0.3 is 6.03 Å². The maximum atomic E-state index is 12.3. The maximum absolute atomic E-state index is 12.3. The molecule has 3 heterocycles. The lowest BCUT2D eigenvalue weighted by molar-refractivity contribution is 0.174. The Labute approximate surface area is 162 Å². The van der Waals surface area contributed by atoms with E-state index in [1.165, 1.54) is 10.9 Å². The van der Waals surface area contributed by atoms with Crippen LogP contribution < -0.4 is 5.32 Å². The van der Waals surface area contributed by atoms with Crippen LogP contribution in [0.4, 0.5) is 4.79 Å². The van der Waals surface area contributed by atoms with Crippen LogP contribution in [0.2, 0.25) is 0 Å². The normalized spacial score (nSPS) is 18.3. The van der Waals surface area contributed by atoms with E-state index in [0.29, 0.717) is 18.9 Å². The monoisotopic (exact) mass is 380 g/mol. The number of imidazole rings is 1. The summed E-state index contributed by atoms with van der Waals surface area (Å²) in [5, 5.41) is 13.8. The number of aromatic amines is 1. The van der Waals surface area contributed by atoms with Gasteiger partial charge in [-0.2, -0.15) is 0 Å². The summed E-state index contributed by atoms with van der Waals surface area (Å²) in [6.07, 6.45) is 8.93. The molecule has 1 unspecified atom stereocenters. The maximum Gasteiger partial charge on any atom is 0.323 e. The van der Waals surface area contributed by atoms with Gasteiger partial charge in [-0.3, -0.25) is 10.3 Å². The van der Waals surface area contributed by atoms with Crippen molar-refractivity contribution >= 4 is 22.8 Å². The lowest BCUT2D eigenvalue weighted by Crippen LogP contribution is -2.38. The fourth-order valence-corrected chi connectivity index (χ4v) is 3.62. The highest BCUT2D eigenvalue weighted by Gasteiger charge is 2.35. The van der Waals surface area contributed by atoms with Crippen LogP contribution in [0.5, 0.6) is 0 Å². The number of aliphatic imine (C=N–C) groups is 1. The molecule has 0 bridgehead atoms. The number of nitrogens with zero attached hydrogens (tertiary/aromatic N) is 4. The van der Waals surface area contributed by atoms with Crippen LogP contribution in [0.25, 0.3) is 10.9 Å². The van der Waals surface area contributed by atoms with Gasteiger partial charge in [0.25, 0.3) is 0 Å². The van der Waals surface area contributed by atoms with Crippen LogP contribution in [0, 0.1) is 0 Å². The molecule has 8 nitrogen and oxygen atoms in total. The van der Waals surface area contributed by atoms with E-state index >= 15 is 0 Å². The van der Waals surface area contributed by atoms with Crippen molar-refractivity contribution in [2.45, 2.75) is 25.4 Å². The zero-order chi connectivity index (χ0) is 19.3. The van der Waals surface area contributed by atoms with Gasteiger partial charge in [-0.1, -0.05) is 18.2 Å². The minimum Gasteiger partial charge on any atom is -0.394 e. The van der Waals surface area contributed by atoms with Gasteiger partial charge in [0.05, 0.1) is 12.9 Å². The van der Waals surface area contributed by atoms with Gasteiger partial charge in [-0.05, 0) is 24.5 Å². The first-order valence-electron chi connectivity index (χ1n) is 9.50. The number of aliphatic hydroxyl groups is 1. The summed E-state index contributed by atoms with van der Waals surface area (Å²) in [6, 6.07) is 7.56. The van der Waals surface area contributed by atoms with Gasteiger partial charge in [0.2, 0.25) is 0 Å². The second-order valence-corrected chi connectivity index (χ2v) is 6.85. The van der Waals surface area contributed by atoms with Crippen molar-refractivity contribution in [1.29, 1.82) is 0 Å². The van der Waals surface area contributed by atoms with Crippen LogP contribution in [-0.4, -0.2) is 62.1 Å². The van der Waals surface area contributed by atoms with Crippen molar-refractivity contribution < 1.29 is 9.90 Å². The van der Waals surface area contributed by atoms with Crippen LogP contribution >= 0.6 is 0 Å². The van der Waals surface area contributed by atoms with E-state index in [2.05, 4.69) is 26.3 Å². The fourth-order valence-electron chi connectivity index (χ4n) is 3.62. The first-order chi connectivity index (χ1) is 13.8. The number of carbonyl (C=O) groups excluding carboxylic acids is 1. The topological polar surface area (TPSA) is 98.5 Å². The van der Waals surface area contributed by atoms with E-state index in [-0.39, 0.29) is 12.6 Å². The standard InChI is InChI=1S/C20H24N6O2/c27-13-18-19(22-7-6-15-12-23-17-5-2-1-4-16(15)17)24-20(28)26(18)10-3-9-25-11-8-21-14-25/h1-2,4-5,8,11-12,14,18,23,27H,3,6-7,9-10,13H2,(H,22,24,28). The second-order valence-electron chi connectivity index (χ2n) is 6.85. The Balaban J connectivity index is 1.36. The molecule has 1 atom stereocenters. The Morgan fingerprint density at radius 3 is 2.96 bits per heavy atom. The molecule has 1 aromatic carbocycles. The number of fused-ring (bicyclic) bond motifs is 1. The summed E-state index contributed by atoms with van der Waals surface area (Å²) in [4.78, 5) is 25.8. The summed E-state index contributed by atoms with van der Waals surface area (Å²) >= 11 is 0. The third-order valence-corrected chi connectivity index (χ3v) is 5.07. The highest BCUT2D eigenvalue weighted by atomic mass is 16.3. The van der Waals surface area contributed by atoms with Gasteiger partial charge in [0.1, 0.15) is 11.9 Å². The molecule has 1 fully saturated rings. The number of nitrogens with one attached hydrogen (secondary N) is 2. The average Bonchev–Trinajstić information content (AvgIpc) is 3.42. The molecule has 0 aliphatic carbocycles. The number of benzene rings is 1. The number of para-hydroxylation sites is 1. The van der Waals surface area contributed by atoms with E-state index in [4.69, 9.17) is 0 Å². The van der Waals surface area contributed by atoms with Crippen LogP contribution in [0.1, 0.15) is 12.0 Å². The molecule has 2 aromatic heterocycles. The van der Waals surface area contributed by atoms with Gasteiger partial charge in [-0.15, -0.1) is 0 Å². The van der Waals surface area contributed by atoms with Gasteiger partial charge < -0.3 is 19.6 Å². The number of rotatable bonds is 8. The van der Waals surface area contributed by atoms with Crippen molar-refractivity contribution in [3.63, 3.8) is 0 Å². The van der Waals surface area contributed by atoms with Crippen molar-refractivity contribution in [1.82, 2.24) is 24.8 Å². The Kier molecular flexibility index (Phi) is 5.38. The van der Waals surface area contributed by atoms with Gasteiger partial charge in [-0.25, -0.2) is 9.78 Å². The lowest BCUT2D eigenvalue weighted by atomic mass is 10.1. The van der Waals surface area contributed by atoms with Crippen molar-refractivity contribution in [3.05, 3.63) is 54.7 Å². The summed E-state index contributed by atoms with van der Waals surface area (Å²) in [5.74, 6) is 0.551. The molecule has 0 spiro atoms. The molecule has 0 saturated carbocycles. The van der Waals surface area contributed by atoms with Crippen LogP contribution in [-0.2, 0) is 13.0 Å². The van der Waals surface area contributed by atoms with Crippen molar-refractivity contribution in [3.8, 4) is 0 Å². The van der Waals surface area contributed by atoms with E-state index in [9.17, 15) is 9.90 Å². The van der Waals surface area contributed by atoms with E-state index in [0.717, 1.165) is 24.9 Å². The quantitative estimate of drug-likeness (QED) is 0.555. The third kappa shape index (κ3) is 3.77. The number of amides is 2. The molecule has 3 aromatic rings. The first-order valence-corrected chi connectivity index (χ1v) is 9.50. The Bertz CT molecular complexity index is 962. The van der Waals surface area contributed by atoms with E-state index in [1.807, 2.05) is 35.2 Å². The predicted octanol–water partition coefficient (Wildman–Crippen LogP) is 1.78. The van der Waals surface area contributed by atoms with Crippen molar-refractivity contribution in [2.24, 2.45) is 4.99 Å². The summed E-state index contributed by atoms with van der Waals surface area (Å²) in [6.45, 7) is 1.73. The number of amidine groups is 1. The van der Waals surface area contributed by atoms with Crippen LogP contribution in [0.15, 0.2) is 54.2 Å². The fraction of sp³-hybridized carbons (Fsp3) is 0.350. The number of aryl methyl sites for hydroxylation is 1. The van der Waals surface area contributed by atoms with E-state index in [1.54, 1.807) is 17.4 Å². The molecule has 8 heteroatoms. The molecule has 1 aliphatic heterocycles. The molecule has 0 radical (unpaired) electrons. The average molecular weight is 380 g/mol. The zero-order valence-electron chi connectivity index (χ0n) is 15.6. The first kappa shape index (κ1) is 18.2. The number of aromatic nitrogens is 3. The molecule has 28 heavy (non-hydrogen) atoms. The molecule has 146 valence electrons. The third-order valence-electron chi connectivity index (χ3n) is 5.07. The molecular weight excluding hydrogens is 356 g/mol. The lowest BCUT2D eigenvalue weighted by Gasteiger charge is -2.21. The molecule has 1 aliphatic rings. The summed E-state index contributed by atoms with van der Waals surface area (Å²) < 4.78 is 1.97. The second kappa shape index (κ2) is 8.26. The zero-order valence-corrected chi connectivity index (χ0v) is 15.6. The summed E-state index contributed by atoms with van der Waals surface area (Å²) in [5.41, 5.74) is 2.30. The number of urea groups is 1. The smallest absolute Gasteiger partial charge is 0.323 e. The molecule has 1 saturated heterocycles. The van der Waals surface area contributed by atoms with Crippen molar-refractivity contribution in [2.75, 3.05) is 19.7 Å². The van der Waals surface area contributed by atoms with E-state index < -0.39 is 6.04 Å². The number of hydrogen-bond acceptors (Lipinski definition) is 4. The predicted molar refractivity (Wildman–Crippen MR) is 107 cm³/mol. The van der Waals surface area contributed by atoms with Gasteiger partial charge in [0.15, 0.2) is 0 Å². The number of H-pyrrole nitrogens is 1. The molecule has 4 rings (SSSR count). The highest BCUT2D eigenvalue weighted by molar-refractivity contribution is 6.07. The molecule has 3 N–H and O–H groups in total. The van der Waals surface area contributed by atoms with Gasteiger partial charge in [0, 0.05) is 49.1 Å². The Morgan fingerprint density at radius 2 is 2.14 bits per heavy atom. The Hall–Kier alpha value is -3.13. The molecule has 2 amide bonds. The minimum absolute atomic E-state index is 0.143. The summed E-state index contributed by atoms with van der Waals surface area (Å²) in [7, 11) is 0.